The van der Waals surface area contributed by atoms with Crippen molar-refractivity contribution < 1.29 is 14.3 Å². The molecule has 0 aliphatic heterocycles. The van der Waals surface area contributed by atoms with Gasteiger partial charge in [0.15, 0.2) is 0 Å². The molecule has 0 amide bonds. The molecule has 0 aliphatic carbocycles. The Morgan fingerprint density at radius 2 is 1.93 bits per heavy atom. The number of hydrogen-bond acceptors (Lipinski definition) is 3. The van der Waals surface area contributed by atoms with Crippen LogP contribution in [0.1, 0.15) is 52.9 Å². The highest BCUT2D eigenvalue weighted by Gasteiger charge is 2.16. The lowest BCUT2D eigenvalue weighted by molar-refractivity contribution is -0.144. The Morgan fingerprint density at radius 1 is 1.27 bits per heavy atom. The summed E-state index contributed by atoms with van der Waals surface area (Å²) in [5.74, 6) is -0.0876. The second kappa shape index (κ2) is 7.69. The zero-order chi connectivity index (χ0) is 11.7. The maximum atomic E-state index is 11.2. The largest absolute Gasteiger partial charge is 0.466 e. The predicted molar refractivity (Wildman–Crippen MR) is 60.8 cm³/mol. The van der Waals surface area contributed by atoms with E-state index in [4.69, 9.17) is 9.47 Å². The van der Waals surface area contributed by atoms with E-state index in [1.807, 2.05) is 13.8 Å². The molecule has 90 valence electrons. The van der Waals surface area contributed by atoms with E-state index in [1.165, 1.54) is 0 Å². The number of carbonyl (C=O) groups is 1. The van der Waals surface area contributed by atoms with Crippen LogP contribution in [0.4, 0.5) is 0 Å². The summed E-state index contributed by atoms with van der Waals surface area (Å²) in [4.78, 5) is 11.2. The van der Waals surface area contributed by atoms with Crippen molar-refractivity contribution in [3.63, 3.8) is 0 Å². The number of ether oxygens (including phenoxy) is 2. The molecule has 0 aromatic carbocycles. The zero-order valence-electron chi connectivity index (χ0n) is 10.5. The fourth-order valence-electron chi connectivity index (χ4n) is 1.16. The minimum absolute atomic E-state index is 0.0876. The Bertz CT molecular complexity index is 176. The van der Waals surface area contributed by atoms with Crippen molar-refractivity contribution in [3.8, 4) is 0 Å². The Hall–Kier alpha value is -0.570. The summed E-state index contributed by atoms with van der Waals surface area (Å²) in [6.07, 6.45) is 4.22. The van der Waals surface area contributed by atoms with Gasteiger partial charge in [-0.2, -0.15) is 0 Å². The molecule has 0 aliphatic rings. The first-order valence-electron chi connectivity index (χ1n) is 5.72. The molecule has 3 heteroatoms. The van der Waals surface area contributed by atoms with Crippen LogP contribution < -0.4 is 0 Å². The van der Waals surface area contributed by atoms with E-state index in [1.54, 1.807) is 7.11 Å². The average molecular weight is 216 g/mol. The molecule has 0 saturated carbocycles. The van der Waals surface area contributed by atoms with Crippen molar-refractivity contribution in [2.45, 2.75) is 58.5 Å². The maximum Gasteiger partial charge on any atom is 0.305 e. The van der Waals surface area contributed by atoms with E-state index in [0.717, 1.165) is 25.7 Å². The van der Waals surface area contributed by atoms with E-state index in [0.29, 0.717) is 13.0 Å². The number of unbranched alkanes of at least 4 members (excludes halogenated alkanes) is 1. The molecular formula is C12H24O3. The summed E-state index contributed by atoms with van der Waals surface area (Å²) in [6.45, 7) is 6.68. The van der Waals surface area contributed by atoms with Crippen LogP contribution in [0.2, 0.25) is 0 Å². The Balaban J connectivity index is 3.46. The second-order valence-electron chi connectivity index (χ2n) is 4.39. The first kappa shape index (κ1) is 14.4. The van der Waals surface area contributed by atoms with Crippen molar-refractivity contribution in [3.05, 3.63) is 0 Å². The second-order valence-corrected chi connectivity index (χ2v) is 4.39. The summed E-state index contributed by atoms with van der Waals surface area (Å²) in [7, 11) is 1.69. The molecular weight excluding hydrogens is 192 g/mol. The molecule has 0 unspecified atom stereocenters. The molecule has 0 rings (SSSR count). The first-order valence-corrected chi connectivity index (χ1v) is 5.72. The third-order valence-corrected chi connectivity index (χ3v) is 2.47. The van der Waals surface area contributed by atoms with Gasteiger partial charge < -0.3 is 9.47 Å². The fraction of sp³-hybridized carbons (Fsp3) is 0.917. The van der Waals surface area contributed by atoms with E-state index in [-0.39, 0.29) is 11.6 Å². The molecule has 3 nitrogen and oxygen atoms in total. The van der Waals surface area contributed by atoms with Gasteiger partial charge in [0.05, 0.1) is 12.2 Å². The summed E-state index contributed by atoms with van der Waals surface area (Å²) in [6, 6.07) is 0. The molecule has 0 bridgehead atoms. The summed E-state index contributed by atoms with van der Waals surface area (Å²) >= 11 is 0. The zero-order valence-corrected chi connectivity index (χ0v) is 10.5. The Morgan fingerprint density at radius 3 is 2.47 bits per heavy atom. The third kappa shape index (κ3) is 8.43. The molecule has 0 radical (unpaired) electrons. The fourth-order valence-corrected chi connectivity index (χ4v) is 1.16. The highest BCUT2D eigenvalue weighted by Crippen LogP contribution is 2.16. The van der Waals surface area contributed by atoms with E-state index >= 15 is 0 Å². The topological polar surface area (TPSA) is 35.5 Å². The standard InChI is InChI=1S/C12H24O3/c1-5-6-10-15-11(13)8-7-9-12(2,3)14-4/h5-10H2,1-4H3. The minimum Gasteiger partial charge on any atom is -0.466 e. The highest BCUT2D eigenvalue weighted by molar-refractivity contribution is 5.69. The van der Waals surface area contributed by atoms with Gasteiger partial charge in [0.25, 0.3) is 0 Å². The van der Waals surface area contributed by atoms with Crippen LogP contribution in [-0.4, -0.2) is 25.3 Å². The molecule has 0 saturated heterocycles. The van der Waals surface area contributed by atoms with Crippen LogP contribution in [0, 0.1) is 0 Å². The van der Waals surface area contributed by atoms with Crippen molar-refractivity contribution in [2.75, 3.05) is 13.7 Å². The van der Waals surface area contributed by atoms with Gasteiger partial charge in [-0.3, -0.25) is 4.79 Å². The average Bonchev–Trinajstić information content (AvgIpc) is 2.18. The molecule has 0 heterocycles. The number of hydrogen-bond donors (Lipinski definition) is 0. The Kier molecular flexibility index (Phi) is 7.39. The SMILES string of the molecule is CCCCOC(=O)CCCC(C)(C)OC. The summed E-state index contributed by atoms with van der Waals surface area (Å²) in [5, 5.41) is 0. The molecule has 0 fully saturated rings. The minimum atomic E-state index is -0.135. The van der Waals surface area contributed by atoms with Crippen molar-refractivity contribution in [1.29, 1.82) is 0 Å². The van der Waals surface area contributed by atoms with Gasteiger partial charge in [-0.1, -0.05) is 13.3 Å². The smallest absolute Gasteiger partial charge is 0.305 e. The van der Waals surface area contributed by atoms with Crippen LogP contribution >= 0.6 is 0 Å². The molecule has 15 heavy (non-hydrogen) atoms. The summed E-state index contributed by atoms with van der Waals surface area (Å²) < 4.78 is 10.3. The Labute approximate surface area is 93.1 Å². The molecule has 0 atom stereocenters. The lowest BCUT2D eigenvalue weighted by Gasteiger charge is -2.22. The van der Waals surface area contributed by atoms with Gasteiger partial charge in [0, 0.05) is 13.5 Å². The number of esters is 1. The lowest BCUT2D eigenvalue weighted by atomic mass is 10.0. The van der Waals surface area contributed by atoms with Gasteiger partial charge in [-0.15, -0.1) is 0 Å². The molecule has 0 N–H and O–H groups in total. The monoisotopic (exact) mass is 216 g/mol. The van der Waals surface area contributed by atoms with Crippen LogP contribution in [0.3, 0.4) is 0 Å². The van der Waals surface area contributed by atoms with Crippen molar-refractivity contribution in [1.82, 2.24) is 0 Å². The number of rotatable bonds is 8. The van der Waals surface area contributed by atoms with E-state index in [9.17, 15) is 4.79 Å². The van der Waals surface area contributed by atoms with Crippen molar-refractivity contribution in [2.24, 2.45) is 0 Å². The quantitative estimate of drug-likeness (QED) is 0.462. The van der Waals surface area contributed by atoms with Gasteiger partial charge in [-0.25, -0.2) is 0 Å². The first-order chi connectivity index (χ1) is 7.02. The van der Waals surface area contributed by atoms with Gasteiger partial charge in [-0.05, 0) is 33.1 Å². The van der Waals surface area contributed by atoms with Crippen LogP contribution in [-0.2, 0) is 14.3 Å². The van der Waals surface area contributed by atoms with E-state index < -0.39 is 0 Å². The molecule has 0 aromatic heterocycles. The van der Waals surface area contributed by atoms with E-state index in [2.05, 4.69) is 6.92 Å². The number of carbonyl (C=O) groups excluding carboxylic acids is 1. The lowest BCUT2D eigenvalue weighted by Crippen LogP contribution is -2.22. The van der Waals surface area contributed by atoms with Crippen LogP contribution in [0.5, 0.6) is 0 Å². The predicted octanol–water partition coefficient (Wildman–Crippen LogP) is 2.93. The third-order valence-electron chi connectivity index (χ3n) is 2.47. The number of methoxy groups -OCH3 is 1. The van der Waals surface area contributed by atoms with Crippen LogP contribution in [0.15, 0.2) is 0 Å². The highest BCUT2D eigenvalue weighted by atomic mass is 16.5. The van der Waals surface area contributed by atoms with Gasteiger partial charge >= 0.3 is 5.97 Å². The van der Waals surface area contributed by atoms with Crippen molar-refractivity contribution >= 4 is 5.97 Å². The molecule has 0 aromatic rings. The van der Waals surface area contributed by atoms with Gasteiger partial charge in [0.1, 0.15) is 0 Å². The molecule has 0 spiro atoms. The maximum absolute atomic E-state index is 11.2. The normalized spacial score (nSPS) is 11.5. The van der Waals surface area contributed by atoms with Gasteiger partial charge in [0.2, 0.25) is 0 Å². The summed E-state index contributed by atoms with van der Waals surface area (Å²) in [5.41, 5.74) is -0.135. The van der Waals surface area contributed by atoms with Crippen LogP contribution in [0.25, 0.3) is 0 Å².